The smallest absolute Gasteiger partial charge is 0.253 e. The fourth-order valence-electron chi connectivity index (χ4n) is 3.56. The number of anilines is 1. The van der Waals surface area contributed by atoms with Crippen molar-refractivity contribution >= 4 is 11.9 Å². The van der Waals surface area contributed by atoms with E-state index in [1.54, 1.807) is 36.8 Å². The summed E-state index contributed by atoms with van der Waals surface area (Å²) < 4.78 is 5.88. The van der Waals surface area contributed by atoms with Gasteiger partial charge in [-0.25, -0.2) is 15.0 Å². The highest BCUT2D eigenvalue weighted by Gasteiger charge is 2.23. The highest BCUT2D eigenvalue weighted by atomic mass is 16.5. The van der Waals surface area contributed by atoms with Crippen LogP contribution in [0, 0.1) is 0 Å². The van der Waals surface area contributed by atoms with Gasteiger partial charge in [-0.05, 0) is 37.5 Å². The molecule has 4 rings (SSSR count). The van der Waals surface area contributed by atoms with Crippen LogP contribution in [0.25, 0.3) is 0 Å². The maximum Gasteiger partial charge on any atom is 0.253 e. The number of piperidine rings is 1. The fourth-order valence-corrected chi connectivity index (χ4v) is 3.56. The number of carbonyl (C=O) groups is 1. The van der Waals surface area contributed by atoms with Gasteiger partial charge in [-0.3, -0.25) is 4.79 Å². The molecule has 1 N–H and O–H groups in total. The predicted molar refractivity (Wildman–Crippen MR) is 114 cm³/mol. The number of amides is 1. The average molecular weight is 403 g/mol. The Labute approximate surface area is 176 Å². The lowest BCUT2D eigenvalue weighted by Gasteiger charge is -2.33. The number of nitrogens with zero attached hydrogens (tertiary/aromatic N) is 4. The summed E-state index contributed by atoms with van der Waals surface area (Å²) in [7, 11) is 0. The van der Waals surface area contributed by atoms with Gasteiger partial charge in [0.05, 0.1) is 5.56 Å². The van der Waals surface area contributed by atoms with Crippen LogP contribution in [0.4, 0.5) is 5.95 Å². The monoisotopic (exact) mass is 403 g/mol. The van der Waals surface area contributed by atoms with E-state index in [2.05, 4.69) is 25.2 Å². The van der Waals surface area contributed by atoms with Crippen LogP contribution in [-0.2, 0) is 0 Å². The Morgan fingerprint density at radius 2 is 1.90 bits per heavy atom. The van der Waals surface area contributed by atoms with Gasteiger partial charge in [-0.2, -0.15) is 0 Å². The van der Waals surface area contributed by atoms with Crippen molar-refractivity contribution in [2.24, 2.45) is 0 Å². The number of nitrogens with one attached hydrogen (secondary N) is 1. The van der Waals surface area contributed by atoms with Gasteiger partial charge in [-0.15, -0.1) is 0 Å². The minimum Gasteiger partial charge on any atom is -0.470 e. The molecule has 7 heteroatoms. The number of aromatic nitrogens is 3. The first-order valence-corrected chi connectivity index (χ1v) is 10.2. The van der Waals surface area contributed by atoms with Crippen LogP contribution >= 0.6 is 0 Å². The summed E-state index contributed by atoms with van der Waals surface area (Å²) >= 11 is 0. The maximum atomic E-state index is 12.7. The SMILES string of the molecule is C[C@H](Oc1ccc(C(=O)N[C@@H]2CCCN(c3ncccn3)C2)cn1)c1ccccc1. The largest absolute Gasteiger partial charge is 0.470 e. The number of rotatable bonds is 6. The molecule has 1 saturated heterocycles. The lowest BCUT2D eigenvalue weighted by atomic mass is 10.1. The zero-order valence-corrected chi connectivity index (χ0v) is 16.9. The van der Waals surface area contributed by atoms with E-state index < -0.39 is 0 Å². The standard InChI is InChI=1S/C23H25N5O2/c1-17(18-7-3-2-4-8-18)30-21-11-10-19(15-26-21)22(29)27-20-9-5-14-28(16-20)23-24-12-6-13-25-23/h2-4,6-8,10-13,15,17,20H,5,9,14,16H2,1H3,(H,27,29)/t17-,20+/m0/s1. The van der Waals surface area contributed by atoms with Crippen LogP contribution in [0.2, 0.25) is 0 Å². The summed E-state index contributed by atoms with van der Waals surface area (Å²) in [4.78, 5) is 27.7. The van der Waals surface area contributed by atoms with E-state index in [4.69, 9.17) is 4.74 Å². The minimum atomic E-state index is -0.133. The zero-order chi connectivity index (χ0) is 20.8. The summed E-state index contributed by atoms with van der Waals surface area (Å²) in [6.07, 6.45) is 6.82. The van der Waals surface area contributed by atoms with Gasteiger partial charge >= 0.3 is 0 Å². The second kappa shape index (κ2) is 9.35. The Hall–Kier alpha value is -3.48. The topological polar surface area (TPSA) is 80.2 Å². The molecule has 30 heavy (non-hydrogen) atoms. The molecule has 2 aromatic heterocycles. The summed E-state index contributed by atoms with van der Waals surface area (Å²) in [5.74, 6) is 1.06. The van der Waals surface area contributed by atoms with E-state index in [-0.39, 0.29) is 18.1 Å². The Kier molecular flexibility index (Phi) is 6.17. The summed E-state index contributed by atoms with van der Waals surface area (Å²) in [5.41, 5.74) is 1.59. The van der Waals surface area contributed by atoms with Crippen molar-refractivity contribution in [3.8, 4) is 5.88 Å². The molecule has 0 unspecified atom stereocenters. The zero-order valence-electron chi connectivity index (χ0n) is 16.9. The molecule has 1 aromatic carbocycles. The summed E-state index contributed by atoms with van der Waals surface area (Å²) in [5, 5.41) is 3.10. The van der Waals surface area contributed by atoms with Crippen LogP contribution in [-0.4, -0.2) is 40.0 Å². The Morgan fingerprint density at radius 1 is 1.10 bits per heavy atom. The van der Waals surface area contributed by atoms with Gasteiger partial charge < -0.3 is 15.0 Å². The molecule has 1 aliphatic heterocycles. The minimum absolute atomic E-state index is 0.0454. The average Bonchev–Trinajstić information content (AvgIpc) is 2.81. The van der Waals surface area contributed by atoms with Gasteiger partial charge in [-0.1, -0.05) is 30.3 Å². The molecule has 0 aliphatic carbocycles. The molecule has 7 nitrogen and oxygen atoms in total. The lowest BCUT2D eigenvalue weighted by Crippen LogP contribution is -2.48. The number of hydrogen-bond donors (Lipinski definition) is 1. The van der Waals surface area contributed by atoms with E-state index >= 15 is 0 Å². The number of benzene rings is 1. The first-order valence-electron chi connectivity index (χ1n) is 10.2. The third-order valence-corrected chi connectivity index (χ3v) is 5.16. The normalized spacial score (nSPS) is 17.2. The third kappa shape index (κ3) is 4.92. The van der Waals surface area contributed by atoms with Crippen LogP contribution in [0.1, 0.15) is 41.8 Å². The quantitative estimate of drug-likeness (QED) is 0.679. The molecule has 0 radical (unpaired) electrons. The molecule has 154 valence electrons. The van der Waals surface area contributed by atoms with Crippen molar-refractivity contribution in [1.82, 2.24) is 20.3 Å². The predicted octanol–water partition coefficient (Wildman–Crippen LogP) is 3.41. The molecular weight excluding hydrogens is 378 g/mol. The number of hydrogen-bond acceptors (Lipinski definition) is 6. The molecule has 1 aliphatic rings. The second-order valence-electron chi connectivity index (χ2n) is 7.36. The number of pyridine rings is 1. The highest BCUT2D eigenvalue weighted by Crippen LogP contribution is 2.20. The fraction of sp³-hybridized carbons (Fsp3) is 0.304. The van der Waals surface area contributed by atoms with E-state index in [0.717, 1.165) is 24.9 Å². The Balaban J connectivity index is 1.33. The lowest BCUT2D eigenvalue weighted by molar-refractivity contribution is 0.0932. The van der Waals surface area contributed by atoms with Gasteiger partial charge in [0.2, 0.25) is 11.8 Å². The maximum absolute atomic E-state index is 12.7. The third-order valence-electron chi connectivity index (χ3n) is 5.16. The van der Waals surface area contributed by atoms with E-state index in [9.17, 15) is 4.79 Å². The van der Waals surface area contributed by atoms with Crippen molar-refractivity contribution in [2.45, 2.75) is 31.9 Å². The Bertz CT molecular complexity index is 950. The number of carbonyl (C=O) groups excluding carboxylic acids is 1. The Morgan fingerprint density at radius 3 is 2.63 bits per heavy atom. The van der Waals surface area contributed by atoms with Crippen LogP contribution in [0.5, 0.6) is 5.88 Å². The molecule has 0 saturated carbocycles. The van der Waals surface area contributed by atoms with Gasteiger partial charge in [0.1, 0.15) is 6.10 Å². The molecule has 0 bridgehead atoms. The molecule has 3 aromatic rings. The van der Waals surface area contributed by atoms with Crippen LogP contribution in [0.3, 0.4) is 0 Å². The first-order chi connectivity index (χ1) is 14.7. The molecular formula is C23H25N5O2. The summed E-state index contributed by atoms with van der Waals surface area (Å²) in [6.45, 7) is 3.56. The van der Waals surface area contributed by atoms with Gasteiger partial charge in [0.25, 0.3) is 5.91 Å². The first kappa shape index (κ1) is 19.8. The van der Waals surface area contributed by atoms with Crippen molar-refractivity contribution in [3.05, 3.63) is 78.2 Å². The molecule has 1 fully saturated rings. The second-order valence-corrected chi connectivity index (χ2v) is 7.36. The van der Waals surface area contributed by atoms with Crippen molar-refractivity contribution in [2.75, 3.05) is 18.0 Å². The highest BCUT2D eigenvalue weighted by molar-refractivity contribution is 5.94. The van der Waals surface area contributed by atoms with E-state index in [1.165, 1.54) is 0 Å². The van der Waals surface area contributed by atoms with Crippen molar-refractivity contribution in [1.29, 1.82) is 0 Å². The van der Waals surface area contributed by atoms with Gasteiger partial charge in [0.15, 0.2) is 0 Å². The van der Waals surface area contributed by atoms with Gasteiger partial charge in [0, 0.05) is 43.8 Å². The van der Waals surface area contributed by atoms with Crippen molar-refractivity contribution in [3.63, 3.8) is 0 Å². The molecule has 0 spiro atoms. The number of ether oxygens (including phenoxy) is 1. The van der Waals surface area contributed by atoms with E-state index in [1.807, 2.05) is 37.3 Å². The molecule has 3 heterocycles. The summed E-state index contributed by atoms with van der Waals surface area (Å²) in [6, 6.07) is 15.3. The van der Waals surface area contributed by atoms with Crippen LogP contribution in [0.15, 0.2) is 67.1 Å². The van der Waals surface area contributed by atoms with Crippen molar-refractivity contribution < 1.29 is 9.53 Å². The molecule has 2 atom stereocenters. The van der Waals surface area contributed by atoms with E-state index in [0.29, 0.717) is 23.9 Å². The van der Waals surface area contributed by atoms with Crippen LogP contribution < -0.4 is 15.0 Å². The molecule has 1 amide bonds.